The molecular formula is C23H33IN6O2. The molecule has 9 heteroatoms. The summed E-state index contributed by atoms with van der Waals surface area (Å²) in [5.41, 5.74) is 7.83. The van der Waals surface area contributed by atoms with Crippen LogP contribution in [-0.2, 0) is 17.8 Å². The molecule has 1 aromatic carbocycles. The van der Waals surface area contributed by atoms with Gasteiger partial charge in [0.2, 0.25) is 5.91 Å². The predicted molar refractivity (Wildman–Crippen MR) is 139 cm³/mol. The summed E-state index contributed by atoms with van der Waals surface area (Å²) in [6.45, 7) is 2.85. The summed E-state index contributed by atoms with van der Waals surface area (Å²) >= 11 is 0. The maximum atomic E-state index is 11.6. The average Bonchev–Trinajstić information content (AvgIpc) is 2.82. The van der Waals surface area contributed by atoms with Crippen molar-refractivity contribution in [3.8, 4) is 5.75 Å². The van der Waals surface area contributed by atoms with Gasteiger partial charge in [0.15, 0.2) is 5.96 Å². The molecule has 1 fully saturated rings. The lowest BCUT2D eigenvalue weighted by molar-refractivity contribution is -0.122. The summed E-state index contributed by atoms with van der Waals surface area (Å²) in [6, 6.07) is 12.0. The first-order valence-corrected chi connectivity index (χ1v) is 10.7. The fourth-order valence-corrected chi connectivity index (χ4v) is 3.77. The molecule has 1 aliphatic heterocycles. The number of nitrogens with two attached hydrogens (primary N) is 1. The summed E-state index contributed by atoms with van der Waals surface area (Å²) < 4.78 is 5.20. The summed E-state index contributed by atoms with van der Waals surface area (Å²) in [6.07, 6.45) is 4.45. The molecule has 1 amide bonds. The number of pyridine rings is 1. The maximum Gasteiger partial charge on any atom is 0.222 e. The average molecular weight is 552 g/mol. The number of nitrogens with one attached hydrogen (secondary N) is 2. The third kappa shape index (κ3) is 7.25. The molecular weight excluding hydrogens is 519 g/mol. The van der Waals surface area contributed by atoms with Gasteiger partial charge in [0, 0.05) is 45.0 Å². The van der Waals surface area contributed by atoms with Gasteiger partial charge in [-0.2, -0.15) is 0 Å². The van der Waals surface area contributed by atoms with E-state index in [1.165, 1.54) is 5.56 Å². The Hall–Kier alpha value is -2.56. The van der Waals surface area contributed by atoms with Gasteiger partial charge in [-0.3, -0.25) is 9.79 Å². The highest BCUT2D eigenvalue weighted by Crippen LogP contribution is 2.24. The van der Waals surface area contributed by atoms with Crippen LogP contribution < -0.4 is 26.0 Å². The van der Waals surface area contributed by atoms with E-state index in [4.69, 9.17) is 10.5 Å². The Morgan fingerprint density at radius 1 is 1.28 bits per heavy atom. The number of rotatable bonds is 8. The van der Waals surface area contributed by atoms with Crippen molar-refractivity contribution < 1.29 is 9.53 Å². The van der Waals surface area contributed by atoms with Crippen LogP contribution in [0.4, 0.5) is 5.82 Å². The van der Waals surface area contributed by atoms with Crippen LogP contribution in [0.15, 0.2) is 47.6 Å². The van der Waals surface area contributed by atoms with E-state index in [2.05, 4.69) is 37.6 Å². The predicted octanol–water partition coefficient (Wildman–Crippen LogP) is 2.32. The van der Waals surface area contributed by atoms with Gasteiger partial charge in [-0.1, -0.05) is 18.2 Å². The van der Waals surface area contributed by atoms with E-state index in [-0.39, 0.29) is 35.8 Å². The Morgan fingerprint density at radius 3 is 2.75 bits per heavy atom. The molecule has 4 N–H and O–H groups in total. The van der Waals surface area contributed by atoms with Gasteiger partial charge < -0.3 is 26.0 Å². The smallest absolute Gasteiger partial charge is 0.222 e. The van der Waals surface area contributed by atoms with Gasteiger partial charge in [0.05, 0.1) is 13.0 Å². The van der Waals surface area contributed by atoms with Crippen molar-refractivity contribution in [2.75, 3.05) is 38.7 Å². The van der Waals surface area contributed by atoms with Crippen molar-refractivity contribution in [1.82, 2.24) is 15.6 Å². The number of anilines is 1. The molecule has 1 unspecified atom stereocenters. The molecule has 0 saturated carbocycles. The van der Waals surface area contributed by atoms with Crippen LogP contribution in [0, 0.1) is 5.92 Å². The summed E-state index contributed by atoms with van der Waals surface area (Å²) in [5, 5.41) is 6.71. The second-order valence-corrected chi connectivity index (χ2v) is 7.62. The number of aromatic nitrogens is 1. The fourth-order valence-electron chi connectivity index (χ4n) is 3.77. The third-order valence-electron chi connectivity index (χ3n) is 5.53. The lowest BCUT2D eigenvalue weighted by Gasteiger charge is -2.33. The van der Waals surface area contributed by atoms with Gasteiger partial charge in [-0.15, -0.1) is 24.0 Å². The van der Waals surface area contributed by atoms with Crippen LogP contribution in [0.5, 0.6) is 5.75 Å². The van der Waals surface area contributed by atoms with E-state index in [9.17, 15) is 4.79 Å². The van der Waals surface area contributed by atoms with Gasteiger partial charge in [-0.25, -0.2) is 4.98 Å². The zero-order valence-electron chi connectivity index (χ0n) is 18.7. The number of methoxy groups -OCH3 is 1. The standard InChI is InChI=1S/C23H32N6O2.HI/c1-25-23(27-13-11-17-7-9-20(31-2)10-8-17)28-15-18-5-3-12-26-22(18)29-14-4-6-19(16-29)21(24)30;/h3,5,7-10,12,19H,4,6,11,13-16H2,1-2H3,(H2,24,30)(H2,25,27,28);1H. The zero-order chi connectivity index (χ0) is 22.1. The highest BCUT2D eigenvalue weighted by Gasteiger charge is 2.25. The Labute approximate surface area is 207 Å². The van der Waals surface area contributed by atoms with Crippen molar-refractivity contribution in [3.63, 3.8) is 0 Å². The normalized spacial score (nSPS) is 16.1. The number of nitrogens with zero attached hydrogens (tertiary/aromatic N) is 3. The first-order chi connectivity index (χ1) is 15.1. The van der Waals surface area contributed by atoms with E-state index < -0.39 is 0 Å². The molecule has 1 atom stereocenters. The van der Waals surface area contributed by atoms with Crippen LogP contribution in [0.3, 0.4) is 0 Å². The molecule has 2 aromatic rings. The molecule has 174 valence electrons. The van der Waals surface area contributed by atoms with Gasteiger partial charge in [0.1, 0.15) is 11.6 Å². The van der Waals surface area contributed by atoms with Crippen molar-refractivity contribution in [1.29, 1.82) is 0 Å². The summed E-state index contributed by atoms with van der Waals surface area (Å²) in [5.74, 6) is 2.13. The fraction of sp³-hybridized carbons (Fsp3) is 0.435. The highest BCUT2D eigenvalue weighted by molar-refractivity contribution is 14.0. The number of aliphatic imine (C=N–C) groups is 1. The molecule has 0 radical (unpaired) electrons. The van der Waals surface area contributed by atoms with E-state index >= 15 is 0 Å². The molecule has 32 heavy (non-hydrogen) atoms. The van der Waals surface area contributed by atoms with Crippen LogP contribution in [-0.4, -0.2) is 50.6 Å². The third-order valence-corrected chi connectivity index (χ3v) is 5.53. The van der Waals surface area contributed by atoms with Crippen molar-refractivity contribution in [2.45, 2.75) is 25.8 Å². The van der Waals surface area contributed by atoms with Crippen molar-refractivity contribution >= 4 is 41.7 Å². The Balaban J connectivity index is 0.00000363. The molecule has 0 spiro atoms. The van der Waals surface area contributed by atoms with Gasteiger partial charge in [0.25, 0.3) is 0 Å². The lowest BCUT2D eigenvalue weighted by atomic mass is 9.97. The molecule has 1 aromatic heterocycles. The Bertz CT molecular complexity index is 890. The zero-order valence-corrected chi connectivity index (χ0v) is 21.0. The van der Waals surface area contributed by atoms with E-state index in [0.717, 1.165) is 55.4 Å². The second-order valence-electron chi connectivity index (χ2n) is 7.62. The number of benzene rings is 1. The largest absolute Gasteiger partial charge is 0.497 e. The number of halogens is 1. The van der Waals surface area contributed by atoms with Crippen molar-refractivity contribution in [2.24, 2.45) is 16.6 Å². The Kier molecular flexibility index (Phi) is 10.5. The number of hydrogen-bond donors (Lipinski definition) is 3. The molecule has 0 bridgehead atoms. The quantitative estimate of drug-likeness (QED) is 0.264. The van der Waals surface area contributed by atoms with E-state index in [1.807, 2.05) is 24.3 Å². The molecule has 3 rings (SSSR count). The number of guanidine groups is 1. The lowest BCUT2D eigenvalue weighted by Crippen LogP contribution is -2.42. The molecule has 8 nitrogen and oxygen atoms in total. The number of primary amides is 1. The molecule has 2 heterocycles. The van der Waals surface area contributed by atoms with Gasteiger partial charge >= 0.3 is 0 Å². The van der Waals surface area contributed by atoms with Crippen LogP contribution in [0.2, 0.25) is 0 Å². The number of carbonyl (C=O) groups is 1. The van der Waals surface area contributed by atoms with Crippen LogP contribution in [0.25, 0.3) is 0 Å². The number of piperidine rings is 1. The van der Waals surface area contributed by atoms with E-state index in [1.54, 1.807) is 20.4 Å². The van der Waals surface area contributed by atoms with Crippen molar-refractivity contribution in [3.05, 3.63) is 53.7 Å². The summed E-state index contributed by atoms with van der Waals surface area (Å²) in [4.78, 5) is 22.7. The molecule has 1 aliphatic rings. The molecule has 1 saturated heterocycles. The van der Waals surface area contributed by atoms with Crippen LogP contribution >= 0.6 is 24.0 Å². The van der Waals surface area contributed by atoms with Gasteiger partial charge in [-0.05, 0) is 43.0 Å². The van der Waals surface area contributed by atoms with Crippen LogP contribution in [0.1, 0.15) is 24.0 Å². The minimum Gasteiger partial charge on any atom is -0.497 e. The maximum absolute atomic E-state index is 11.6. The number of amides is 1. The minimum absolute atomic E-state index is 0. The number of hydrogen-bond acceptors (Lipinski definition) is 5. The minimum atomic E-state index is -0.234. The first-order valence-electron chi connectivity index (χ1n) is 10.7. The highest BCUT2D eigenvalue weighted by atomic mass is 127. The number of carbonyl (C=O) groups excluding carboxylic acids is 1. The summed E-state index contributed by atoms with van der Waals surface area (Å²) in [7, 11) is 3.43. The number of ether oxygens (including phenoxy) is 1. The Morgan fingerprint density at radius 2 is 2.06 bits per heavy atom. The first kappa shape index (κ1) is 25.7. The van der Waals surface area contributed by atoms with E-state index in [0.29, 0.717) is 13.1 Å². The SMILES string of the molecule is CN=C(NCCc1ccc(OC)cc1)NCc1cccnc1N1CCCC(C(N)=O)C1.I. The topological polar surface area (TPSA) is 105 Å². The molecule has 0 aliphatic carbocycles. The second kappa shape index (κ2) is 13.1. The monoisotopic (exact) mass is 552 g/mol.